The van der Waals surface area contributed by atoms with Crippen LogP contribution in [0.2, 0.25) is 5.02 Å². The zero-order valence-corrected chi connectivity index (χ0v) is 10.7. The summed E-state index contributed by atoms with van der Waals surface area (Å²) in [5, 5.41) is 4.85. The average Bonchev–Trinajstić information content (AvgIpc) is 2.58. The van der Waals surface area contributed by atoms with Gasteiger partial charge in [-0.3, -0.25) is 0 Å². The maximum Gasteiger partial charge on any atom is 0.152 e. The summed E-state index contributed by atoms with van der Waals surface area (Å²) in [6.07, 6.45) is 2.72. The molecule has 0 bridgehead atoms. The van der Waals surface area contributed by atoms with Gasteiger partial charge in [0.25, 0.3) is 0 Å². The number of benzene rings is 1. The van der Waals surface area contributed by atoms with Gasteiger partial charge in [0, 0.05) is 9.86 Å². The van der Waals surface area contributed by atoms with E-state index < -0.39 is 0 Å². The van der Waals surface area contributed by atoms with Crippen molar-refractivity contribution >= 4 is 38.5 Å². The molecule has 0 aliphatic rings. The Bertz CT molecular complexity index is 481. The number of rotatable bonds is 3. The van der Waals surface area contributed by atoms with Crippen LogP contribution in [-0.2, 0) is 6.42 Å². The molecule has 2 rings (SSSR count). The van der Waals surface area contributed by atoms with E-state index in [-0.39, 0.29) is 0 Å². The van der Waals surface area contributed by atoms with Gasteiger partial charge in [0.1, 0.15) is 0 Å². The summed E-state index contributed by atoms with van der Waals surface area (Å²) < 4.78 is 6.43. The van der Waals surface area contributed by atoms with Crippen LogP contribution < -0.4 is 5.32 Å². The fourth-order valence-electron chi connectivity index (χ4n) is 1.57. The molecule has 2 aromatic rings. The van der Waals surface area contributed by atoms with Crippen molar-refractivity contribution in [2.45, 2.75) is 6.42 Å². The number of nitrogens with one attached hydrogen (secondary N) is 1. The Morgan fingerprint density at radius 2 is 2.27 bits per heavy atom. The SMILES string of the molecule is CNCCc1coc2c(Cl)cc(Br)cc12. The van der Waals surface area contributed by atoms with E-state index in [0.29, 0.717) is 5.02 Å². The van der Waals surface area contributed by atoms with Crippen molar-refractivity contribution in [3.05, 3.63) is 33.5 Å². The third-order valence-corrected chi connectivity index (χ3v) is 3.06. The van der Waals surface area contributed by atoms with Gasteiger partial charge in [0.15, 0.2) is 5.58 Å². The lowest BCUT2D eigenvalue weighted by Gasteiger charge is -1.98. The first-order chi connectivity index (χ1) is 7.22. The average molecular weight is 289 g/mol. The van der Waals surface area contributed by atoms with Gasteiger partial charge in [-0.15, -0.1) is 0 Å². The molecular weight excluding hydrogens is 277 g/mol. The smallest absolute Gasteiger partial charge is 0.152 e. The predicted molar refractivity (Wildman–Crippen MR) is 66.6 cm³/mol. The van der Waals surface area contributed by atoms with Crippen molar-refractivity contribution in [2.24, 2.45) is 0 Å². The molecule has 0 aliphatic heterocycles. The Morgan fingerprint density at radius 3 is 3.00 bits per heavy atom. The van der Waals surface area contributed by atoms with Crippen molar-refractivity contribution in [3.8, 4) is 0 Å². The quantitative estimate of drug-likeness (QED) is 0.933. The lowest BCUT2D eigenvalue weighted by molar-refractivity contribution is 0.609. The standard InChI is InChI=1S/C11H11BrClNO/c1-14-3-2-7-6-15-11-9(7)4-8(12)5-10(11)13/h4-6,14H,2-3H2,1H3. The van der Waals surface area contributed by atoms with Crippen LogP contribution in [0.25, 0.3) is 11.0 Å². The molecule has 0 aliphatic carbocycles. The van der Waals surface area contributed by atoms with E-state index in [1.807, 2.05) is 19.2 Å². The maximum absolute atomic E-state index is 6.07. The van der Waals surface area contributed by atoms with E-state index in [4.69, 9.17) is 16.0 Å². The Hall–Kier alpha value is -0.510. The molecule has 0 unspecified atom stereocenters. The van der Waals surface area contributed by atoms with Crippen molar-refractivity contribution in [2.75, 3.05) is 13.6 Å². The molecule has 0 saturated carbocycles. The fraction of sp³-hybridized carbons (Fsp3) is 0.273. The number of hydrogen-bond acceptors (Lipinski definition) is 2. The van der Waals surface area contributed by atoms with E-state index >= 15 is 0 Å². The van der Waals surface area contributed by atoms with E-state index in [1.165, 1.54) is 5.56 Å². The van der Waals surface area contributed by atoms with E-state index in [1.54, 1.807) is 6.26 Å². The minimum absolute atomic E-state index is 0.648. The first-order valence-electron chi connectivity index (χ1n) is 4.72. The number of furan rings is 1. The minimum atomic E-state index is 0.648. The lowest BCUT2D eigenvalue weighted by Crippen LogP contribution is -2.09. The first kappa shape index (κ1) is 11.0. The second-order valence-electron chi connectivity index (χ2n) is 3.38. The highest BCUT2D eigenvalue weighted by molar-refractivity contribution is 9.10. The van der Waals surface area contributed by atoms with Crippen LogP contribution in [0.4, 0.5) is 0 Å². The molecule has 1 heterocycles. The summed E-state index contributed by atoms with van der Waals surface area (Å²) in [4.78, 5) is 0. The molecule has 0 saturated heterocycles. The Morgan fingerprint density at radius 1 is 1.47 bits per heavy atom. The topological polar surface area (TPSA) is 25.2 Å². The van der Waals surface area contributed by atoms with E-state index in [9.17, 15) is 0 Å². The maximum atomic E-state index is 6.07. The summed E-state index contributed by atoms with van der Waals surface area (Å²) in [7, 11) is 1.94. The highest BCUT2D eigenvalue weighted by Crippen LogP contribution is 2.31. The molecule has 0 amide bonds. The second kappa shape index (κ2) is 4.56. The minimum Gasteiger partial charge on any atom is -0.462 e. The van der Waals surface area contributed by atoms with Crippen molar-refractivity contribution in [3.63, 3.8) is 0 Å². The molecule has 4 heteroatoms. The third kappa shape index (κ3) is 2.19. The summed E-state index contributed by atoms with van der Waals surface area (Å²) in [6.45, 7) is 0.929. The van der Waals surface area contributed by atoms with Gasteiger partial charge in [0.05, 0.1) is 11.3 Å². The Balaban J connectivity index is 2.49. The van der Waals surface area contributed by atoms with Crippen LogP contribution in [0, 0.1) is 0 Å². The largest absolute Gasteiger partial charge is 0.462 e. The summed E-state index contributed by atoms with van der Waals surface area (Å²) >= 11 is 9.50. The molecular formula is C11H11BrClNO. The zero-order chi connectivity index (χ0) is 10.8. The number of likely N-dealkylation sites (N-methyl/N-ethyl adjacent to an activating group) is 1. The molecule has 0 radical (unpaired) electrons. The van der Waals surface area contributed by atoms with Crippen LogP contribution in [0.1, 0.15) is 5.56 Å². The van der Waals surface area contributed by atoms with Gasteiger partial charge in [0.2, 0.25) is 0 Å². The highest BCUT2D eigenvalue weighted by atomic mass is 79.9. The van der Waals surface area contributed by atoms with Gasteiger partial charge in [-0.05, 0) is 37.7 Å². The van der Waals surface area contributed by atoms with Crippen LogP contribution in [0.5, 0.6) is 0 Å². The van der Waals surface area contributed by atoms with E-state index in [0.717, 1.165) is 28.4 Å². The summed E-state index contributed by atoms with van der Waals surface area (Å²) in [6, 6.07) is 3.88. The molecule has 0 atom stereocenters. The van der Waals surface area contributed by atoms with Crippen LogP contribution in [-0.4, -0.2) is 13.6 Å². The number of halogens is 2. The van der Waals surface area contributed by atoms with Crippen LogP contribution in [0.15, 0.2) is 27.3 Å². The van der Waals surface area contributed by atoms with Gasteiger partial charge in [-0.2, -0.15) is 0 Å². The molecule has 15 heavy (non-hydrogen) atoms. The first-order valence-corrected chi connectivity index (χ1v) is 5.89. The van der Waals surface area contributed by atoms with Gasteiger partial charge in [-0.25, -0.2) is 0 Å². The molecule has 1 aromatic carbocycles. The number of hydrogen-bond donors (Lipinski definition) is 1. The summed E-state index contributed by atoms with van der Waals surface area (Å²) in [5.74, 6) is 0. The highest BCUT2D eigenvalue weighted by Gasteiger charge is 2.09. The number of fused-ring (bicyclic) bond motifs is 1. The normalized spacial score (nSPS) is 11.1. The Labute approximate surface area is 102 Å². The molecule has 0 fully saturated rings. The van der Waals surface area contributed by atoms with Crippen LogP contribution >= 0.6 is 27.5 Å². The molecule has 0 spiro atoms. The molecule has 2 nitrogen and oxygen atoms in total. The Kier molecular flexibility index (Phi) is 3.34. The zero-order valence-electron chi connectivity index (χ0n) is 8.31. The summed E-state index contributed by atoms with van der Waals surface area (Å²) in [5.41, 5.74) is 1.95. The fourth-order valence-corrected chi connectivity index (χ4v) is 2.42. The van der Waals surface area contributed by atoms with Crippen LogP contribution in [0.3, 0.4) is 0 Å². The monoisotopic (exact) mass is 287 g/mol. The third-order valence-electron chi connectivity index (χ3n) is 2.32. The molecule has 1 N–H and O–H groups in total. The predicted octanol–water partition coefficient (Wildman–Crippen LogP) is 3.61. The van der Waals surface area contributed by atoms with Crippen molar-refractivity contribution in [1.29, 1.82) is 0 Å². The van der Waals surface area contributed by atoms with E-state index in [2.05, 4.69) is 21.2 Å². The van der Waals surface area contributed by atoms with Gasteiger partial charge in [-0.1, -0.05) is 27.5 Å². The lowest BCUT2D eigenvalue weighted by atomic mass is 10.1. The van der Waals surface area contributed by atoms with Gasteiger partial charge < -0.3 is 9.73 Å². The molecule has 80 valence electrons. The second-order valence-corrected chi connectivity index (χ2v) is 4.70. The van der Waals surface area contributed by atoms with Crippen molar-refractivity contribution < 1.29 is 4.42 Å². The van der Waals surface area contributed by atoms with Crippen molar-refractivity contribution in [1.82, 2.24) is 5.32 Å². The molecule has 1 aromatic heterocycles. The van der Waals surface area contributed by atoms with Gasteiger partial charge >= 0.3 is 0 Å².